The van der Waals surface area contributed by atoms with Crippen LogP contribution < -0.4 is 10.1 Å². The highest BCUT2D eigenvalue weighted by molar-refractivity contribution is 14.0. The van der Waals surface area contributed by atoms with Crippen LogP contribution in [0.25, 0.3) is 0 Å². The van der Waals surface area contributed by atoms with Crippen molar-refractivity contribution in [3.63, 3.8) is 0 Å². The van der Waals surface area contributed by atoms with Crippen LogP contribution in [0, 0.1) is 0 Å². The fourth-order valence-corrected chi connectivity index (χ4v) is 3.13. The highest BCUT2D eigenvalue weighted by atomic mass is 127. The van der Waals surface area contributed by atoms with Gasteiger partial charge in [-0.15, -0.1) is 24.0 Å². The number of guanidine groups is 1. The number of ether oxygens (including phenoxy) is 1. The fraction of sp³-hybridized carbons (Fsp3) is 0.524. The number of benzene rings is 1. The highest BCUT2D eigenvalue weighted by Crippen LogP contribution is 2.23. The van der Waals surface area contributed by atoms with E-state index < -0.39 is 0 Å². The van der Waals surface area contributed by atoms with E-state index in [2.05, 4.69) is 42.3 Å². The Balaban J connectivity index is 0.00000420. The van der Waals surface area contributed by atoms with E-state index in [1.165, 1.54) is 5.56 Å². The zero-order valence-electron chi connectivity index (χ0n) is 18.3. The number of nitrogens with zero attached hydrogens (tertiary/aromatic N) is 4. The summed E-state index contributed by atoms with van der Waals surface area (Å²) in [4.78, 5) is 6.84. The van der Waals surface area contributed by atoms with Gasteiger partial charge in [0.1, 0.15) is 11.5 Å². The van der Waals surface area contributed by atoms with E-state index in [1.807, 2.05) is 30.9 Å². The predicted octanol–water partition coefficient (Wildman–Crippen LogP) is 3.52. The third-order valence-electron chi connectivity index (χ3n) is 4.52. The van der Waals surface area contributed by atoms with Gasteiger partial charge in [-0.1, -0.05) is 19.9 Å². The van der Waals surface area contributed by atoms with E-state index in [0.29, 0.717) is 24.6 Å². The number of aromatic nitrogens is 2. The first-order valence-electron chi connectivity index (χ1n) is 9.73. The summed E-state index contributed by atoms with van der Waals surface area (Å²) in [5.74, 6) is 2.11. The van der Waals surface area contributed by atoms with Gasteiger partial charge >= 0.3 is 0 Å². The number of hydrogen-bond acceptors (Lipinski definition) is 4. The second kappa shape index (κ2) is 11.9. The molecule has 0 amide bonds. The molecule has 1 heterocycles. The summed E-state index contributed by atoms with van der Waals surface area (Å²) in [7, 11) is 5.57. The number of halogens is 1. The first-order valence-corrected chi connectivity index (χ1v) is 9.73. The Morgan fingerprint density at radius 2 is 2.07 bits per heavy atom. The smallest absolute Gasteiger partial charge is 0.193 e. The Labute approximate surface area is 191 Å². The molecule has 0 unspecified atom stereocenters. The highest BCUT2D eigenvalue weighted by Gasteiger charge is 2.15. The van der Waals surface area contributed by atoms with Crippen LogP contribution in [-0.4, -0.2) is 53.0 Å². The Hall–Kier alpha value is -1.97. The number of rotatable bonds is 8. The molecule has 0 aliphatic heterocycles. The lowest BCUT2D eigenvalue weighted by Crippen LogP contribution is -2.38. The van der Waals surface area contributed by atoms with Gasteiger partial charge < -0.3 is 20.1 Å². The number of aromatic hydroxyl groups is 1. The quantitative estimate of drug-likeness (QED) is 0.320. The van der Waals surface area contributed by atoms with Gasteiger partial charge in [0.05, 0.1) is 12.8 Å². The Morgan fingerprint density at radius 3 is 2.66 bits per heavy atom. The van der Waals surface area contributed by atoms with E-state index in [4.69, 9.17) is 9.73 Å². The second-order valence-electron chi connectivity index (χ2n) is 7.20. The maximum Gasteiger partial charge on any atom is 0.193 e. The van der Waals surface area contributed by atoms with Gasteiger partial charge in [-0.3, -0.25) is 9.67 Å². The molecule has 2 aromatic rings. The number of aliphatic imine (C=N–C) groups is 1. The standard InChI is InChI=1S/C21H33N5O2.HI/c1-7-22-21(23-11-10-16-8-9-18(28-6)12-19(16)27)25(4)13-17-14-26(5)24-20(17)15(2)3;/h8-9,12,14-15,27H,7,10-11,13H2,1-6H3,(H,22,23);1H. The molecule has 7 nitrogen and oxygen atoms in total. The first kappa shape index (κ1) is 25.1. The van der Waals surface area contributed by atoms with Crippen molar-refractivity contribution in [2.24, 2.45) is 12.0 Å². The van der Waals surface area contributed by atoms with Crippen LogP contribution in [0.4, 0.5) is 0 Å². The largest absolute Gasteiger partial charge is 0.508 e. The number of nitrogens with one attached hydrogen (secondary N) is 1. The average molecular weight is 515 g/mol. The number of phenols is 1. The van der Waals surface area contributed by atoms with E-state index in [1.54, 1.807) is 13.2 Å². The molecule has 0 fully saturated rings. The van der Waals surface area contributed by atoms with Crippen molar-refractivity contribution >= 4 is 29.9 Å². The zero-order chi connectivity index (χ0) is 20.7. The minimum absolute atomic E-state index is 0. The van der Waals surface area contributed by atoms with Crippen LogP contribution in [0.2, 0.25) is 0 Å². The summed E-state index contributed by atoms with van der Waals surface area (Å²) in [6.07, 6.45) is 2.73. The van der Waals surface area contributed by atoms with Crippen molar-refractivity contribution in [2.45, 2.75) is 39.7 Å². The Bertz CT molecular complexity index is 804. The Kier molecular flexibility index (Phi) is 10.3. The number of methoxy groups -OCH3 is 1. The van der Waals surface area contributed by atoms with E-state index in [-0.39, 0.29) is 29.7 Å². The molecule has 162 valence electrons. The van der Waals surface area contributed by atoms with Gasteiger partial charge in [0.15, 0.2) is 5.96 Å². The molecular weight excluding hydrogens is 481 g/mol. The topological polar surface area (TPSA) is 74.9 Å². The molecule has 2 rings (SSSR count). The third-order valence-corrected chi connectivity index (χ3v) is 4.52. The molecule has 0 aliphatic rings. The van der Waals surface area contributed by atoms with Crippen LogP contribution >= 0.6 is 24.0 Å². The lowest BCUT2D eigenvalue weighted by molar-refractivity contribution is 0.406. The number of aryl methyl sites for hydroxylation is 1. The summed E-state index contributed by atoms with van der Waals surface area (Å²) in [6, 6.07) is 5.36. The third kappa shape index (κ3) is 7.09. The zero-order valence-corrected chi connectivity index (χ0v) is 20.6. The number of phenolic OH excluding ortho intramolecular Hbond substituents is 1. The minimum atomic E-state index is 0. The summed E-state index contributed by atoms with van der Waals surface area (Å²) >= 11 is 0. The first-order chi connectivity index (χ1) is 13.3. The summed E-state index contributed by atoms with van der Waals surface area (Å²) in [6.45, 7) is 8.49. The summed E-state index contributed by atoms with van der Waals surface area (Å²) < 4.78 is 7.00. The van der Waals surface area contributed by atoms with Gasteiger partial charge in [-0.25, -0.2) is 0 Å². The van der Waals surface area contributed by atoms with Crippen LogP contribution in [0.5, 0.6) is 11.5 Å². The fourth-order valence-electron chi connectivity index (χ4n) is 3.13. The normalized spacial score (nSPS) is 11.3. The minimum Gasteiger partial charge on any atom is -0.508 e. The van der Waals surface area contributed by atoms with Gasteiger partial charge in [0, 0.05) is 51.6 Å². The predicted molar refractivity (Wildman–Crippen MR) is 129 cm³/mol. The molecule has 0 radical (unpaired) electrons. The lowest BCUT2D eigenvalue weighted by Gasteiger charge is -2.22. The van der Waals surface area contributed by atoms with Crippen LogP contribution in [0.1, 0.15) is 43.5 Å². The van der Waals surface area contributed by atoms with Crippen molar-refractivity contribution in [1.82, 2.24) is 20.0 Å². The van der Waals surface area contributed by atoms with Crippen molar-refractivity contribution in [3.8, 4) is 11.5 Å². The number of hydrogen-bond donors (Lipinski definition) is 2. The van der Waals surface area contributed by atoms with Gasteiger partial charge in [0.2, 0.25) is 0 Å². The van der Waals surface area contributed by atoms with Crippen LogP contribution in [-0.2, 0) is 20.0 Å². The summed E-state index contributed by atoms with van der Waals surface area (Å²) in [5.41, 5.74) is 3.18. The maximum atomic E-state index is 10.1. The molecule has 0 saturated heterocycles. The van der Waals surface area contributed by atoms with Gasteiger partial charge in [-0.05, 0) is 30.9 Å². The van der Waals surface area contributed by atoms with Crippen molar-refractivity contribution < 1.29 is 9.84 Å². The van der Waals surface area contributed by atoms with E-state index >= 15 is 0 Å². The lowest BCUT2D eigenvalue weighted by atomic mass is 10.1. The molecule has 0 spiro atoms. The second-order valence-corrected chi connectivity index (χ2v) is 7.20. The molecule has 1 aromatic heterocycles. The molecule has 2 N–H and O–H groups in total. The van der Waals surface area contributed by atoms with Crippen LogP contribution in [0.3, 0.4) is 0 Å². The molecular formula is C21H34IN5O2. The summed E-state index contributed by atoms with van der Waals surface area (Å²) in [5, 5.41) is 18.0. The monoisotopic (exact) mass is 515 g/mol. The van der Waals surface area contributed by atoms with E-state index in [9.17, 15) is 5.11 Å². The molecule has 0 atom stereocenters. The molecule has 0 bridgehead atoms. The molecule has 8 heteroatoms. The van der Waals surface area contributed by atoms with Crippen molar-refractivity contribution in [1.29, 1.82) is 0 Å². The van der Waals surface area contributed by atoms with Crippen molar-refractivity contribution in [3.05, 3.63) is 41.2 Å². The Morgan fingerprint density at radius 1 is 1.34 bits per heavy atom. The van der Waals surface area contributed by atoms with Gasteiger partial charge in [-0.2, -0.15) is 5.10 Å². The molecule has 1 aromatic carbocycles. The van der Waals surface area contributed by atoms with Crippen molar-refractivity contribution in [2.75, 3.05) is 27.2 Å². The molecule has 0 saturated carbocycles. The van der Waals surface area contributed by atoms with Crippen LogP contribution in [0.15, 0.2) is 29.4 Å². The maximum absolute atomic E-state index is 10.1. The molecule has 0 aliphatic carbocycles. The average Bonchev–Trinajstić information content (AvgIpc) is 3.02. The SMILES string of the molecule is CCNC(=NCCc1ccc(OC)cc1O)N(C)Cc1cn(C)nc1C(C)C.I. The van der Waals surface area contributed by atoms with E-state index in [0.717, 1.165) is 30.3 Å². The van der Waals surface area contributed by atoms with Gasteiger partial charge in [0.25, 0.3) is 0 Å². The molecule has 29 heavy (non-hydrogen) atoms.